The summed E-state index contributed by atoms with van der Waals surface area (Å²) >= 11 is 0. The fourth-order valence-electron chi connectivity index (χ4n) is 4.51. The summed E-state index contributed by atoms with van der Waals surface area (Å²) in [5, 5.41) is 0. The topological polar surface area (TPSA) is 3.24 Å². The van der Waals surface area contributed by atoms with Crippen LogP contribution in [0, 0.1) is 0 Å². The molecule has 0 N–H and O–H groups in total. The van der Waals surface area contributed by atoms with Crippen molar-refractivity contribution in [2.75, 3.05) is 7.05 Å². The predicted molar refractivity (Wildman–Crippen MR) is 122 cm³/mol. The summed E-state index contributed by atoms with van der Waals surface area (Å²) < 4.78 is 0. The van der Waals surface area contributed by atoms with Crippen LogP contribution in [-0.2, 0) is 19.5 Å². The summed E-state index contributed by atoms with van der Waals surface area (Å²) in [4.78, 5) is 2.42. The predicted octanol–water partition coefficient (Wildman–Crippen LogP) is 6.56. The number of nitrogens with zero attached hydrogens (tertiary/aromatic N) is 1. The van der Waals surface area contributed by atoms with Crippen LogP contribution in [0.25, 0.3) is 22.3 Å². The van der Waals surface area contributed by atoms with E-state index in [1.54, 1.807) is 0 Å². The lowest BCUT2D eigenvalue weighted by atomic mass is 10.0. The Morgan fingerprint density at radius 2 is 1.38 bits per heavy atom. The zero-order valence-electron chi connectivity index (χ0n) is 16.8. The highest BCUT2D eigenvalue weighted by Gasteiger charge is 2.20. The Bertz CT molecular complexity index is 1140. The minimum atomic E-state index is 0.942. The van der Waals surface area contributed by atoms with Crippen molar-refractivity contribution in [3.63, 3.8) is 0 Å². The van der Waals surface area contributed by atoms with E-state index in [2.05, 4.69) is 109 Å². The molecule has 29 heavy (non-hydrogen) atoms. The lowest BCUT2D eigenvalue weighted by Gasteiger charge is -2.19. The summed E-state index contributed by atoms with van der Waals surface area (Å²) in [5.41, 5.74) is 11.1. The highest BCUT2D eigenvalue weighted by Crippen LogP contribution is 2.38. The first kappa shape index (κ1) is 17.9. The average Bonchev–Trinajstić information content (AvgIpc) is 3.14. The molecule has 4 aromatic rings. The van der Waals surface area contributed by atoms with E-state index in [0.29, 0.717) is 0 Å². The monoisotopic (exact) mass is 375 g/mol. The molecule has 0 saturated carbocycles. The van der Waals surface area contributed by atoms with Crippen LogP contribution in [0.5, 0.6) is 0 Å². The molecule has 4 aromatic carbocycles. The lowest BCUT2D eigenvalue weighted by Crippen LogP contribution is -2.18. The first-order valence-corrected chi connectivity index (χ1v) is 10.3. The van der Waals surface area contributed by atoms with Crippen LogP contribution in [0.2, 0.25) is 0 Å². The molecule has 0 heterocycles. The Morgan fingerprint density at radius 3 is 2.28 bits per heavy atom. The van der Waals surface area contributed by atoms with E-state index >= 15 is 0 Å². The summed E-state index contributed by atoms with van der Waals surface area (Å²) in [5.74, 6) is 0. The summed E-state index contributed by atoms with van der Waals surface area (Å²) in [6.07, 6.45) is 1.05. The van der Waals surface area contributed by atoms with Gasteiger partial charge in [0.05, 0.1) is 0 Å². The minimum absolute atomic E-state index is 0.942. The van der Waals surface area contributed by atoms with Gasteiger partial charge in [-0.2, -0.15) is 0 Å². The van der Waals surface area contributed by atoms with E-state index < -0.39 is 0 Å². The van der Waals surface area contributed by atoms with Crippen molar-refractivity contribution in [2.24, 2.45) is 0 Å². The Kier molecular flexibility index (Phi) is 4.75. The van der Waals surface area contributed by atoms with Crippen LogP contribution >= 0.6 is 0 Å². The van der Waals surface area contributed by atoms with Crippen molar-refractivity contribution in [2.45, 2.75) is 19.5 Å². The van der Waals surface area contributed by atoms with Crippen LogP contribution < -0.4 is 0 Å². The second-order valence-electron chi connectivity index (χ2n) is 8.02. The van der Waals surface area contributed by atoms with Gasteiger partial charge in [0.2, 0.25) is 0 Å². The Balaban J connectivity index is 1.35. The van der Waals surface area contributed by atoms with Gasteiger partial charge in [0, 0.05) is 13.1 Å². The van der Waals surface area contributed by atoms with Crippen LogP contribution in [0.4, 0.5) is 0 Å². The van der Waals surface area contributed by atoms with E-state index in [-0.39, 0.29) is 0 Å². The number of benzene rings is 4. The molecule has 0 bridgehead atoms. The van der Waals surface area contributed by atoms with E-state index in [4.69, 9.17) is 0 Å². The fourth-order valence-corrected chi connectivity index (χ4v) is 4.51. The number of fused-ring (bicyclic) bond motifs is 3. The summed E-state index contributed by atoms with van der Waals surface area (Å²) in [6.45, 7) is 1.91. The normalized spacial score (nSPS) is 12.1. The smallest absolute Gasteiger partial charge is 0.0237 e. The molecule has 5 rings (SSSR count). The van der Waals surface area contributed by atoms with Gasteiger partial charge < -0.3 is 0 Å². The molecule has 0 fully saturated rings. The summed E-state index contributed by atoms with van der Waals surface area (Å²) in [7, 11) is 2.22. The van der Waals surface area contributed by atoms with Crippen LogP contribution in [0.3, 0.4) is 0 Å². The van der Waals surface area contributed by atoms with Gasteiger partial charge in [0.25, 0.3) is 0 Å². The Morgan fingerprint density at radius 1 is 0.655 bits per heavy atom. The van der Waals surface area contributed by atoms with E-state index in [1.165, 1.54) is 44.5 Å². The molecule has 0 aromatic heterocycles. The quantitative estimate of drug-likeness (QED) is 0.336. The van der Waals surface area contributed by atoms with Crippen LogP contribution in [0.1, 0.15) is 22.3 Å². The van der Waals surface area contributed by atoms with Gasteiger partial charge in [-0.15, -0.1) is 0 Å². The molecular weight excluding hydrogens is 350 g/mol. The zero-order chi connectivity index (χ0) is 19.6. The lowest BCUT2D eigenvalue weighted by molar-refractivity contribution is 0.318. The third-order valence-electron chi connectivity index (χ3n) is 5.87. The fraction of sp³-hybridized carbons (Fsp3) is 0.143. The van der Waals surface area contributed by atoms with Gasteiger partial charge in [0.15, 0.2) is 0 Å². The number of hydrogen-bond acceptors (Lipinski definition) is 1. The molecule has 142 valence electrons. The van der Waals surface area contributed by atoms with Crippen LogP contribution in [-0.4, -0.2) is 11.9 Å². The molecule has 1 nitrogen and oxygen atoms in total. The third kappa shape index (κ3) is 3.62. The van der Waals surface area contributed by atoms with Gasteiger partial charge in [-0.05, 0) is 64.0 Å². The zero-order valence-corrected chi connectivity index (χ0v) is 16.8. The van der Waals surface area contributed by atoms with Crippen molar-refractivity contribution in [1.82, 2.24) is 4.90 Å². The highest BCUT2D eigenvalue weighted by atomic mass is 15.1. The van der Waals surface area contributed by atoms with Crippen molar-refractivity contribution in [3.05, 3.63) is 119 Å². The number of rotatable bonds is 5. The Labute approximate surface area is 173 Å². The molecule has 1 heteroatoms. The average molecular weight is 376 g/mol. The first-order chi connectivity index (χ1) is 14.3. The molecular formula is C28H25N. The van der Waals surface area contributed by atoms with E-state index in [0.717, 1.165) is 19.5 Å². The molecule has 1 aliphatic carbocycles. The van der Waals surface area contributed by atoms with E-state index in [1.807, 2.05) is 0 Å². The molecule has 0 saturated heterocycles. The molecule has 0 aliphatic heterocycles. The SMILES string of the molecule is CN(Cc1cccc(-c2ccccc2)c1)Cc1cccc2c1Cc1ccccc1-2. The molecule has 0 radical (unpaired) electrons. The molecule has 0 unspecified atom stereocenters. The standard InChI is InChI=1S/C28H25N/c1-29(19-21-9-7-13-23(17-21)22-10-3-2-4-11-22)20-25-14-8-16-27-26-15-6-5-12-24(26)18-28(25)27/h2-17H,18-20H2,1H3. The van der Waals surface area contributed by atoms with Gasteiger partial charge in [-0.3, -0.25) is 4.90 Å². The van der Waals surface area contributed by atoms with Gasteiger partial charge in [-0.1, -0.05) is 91.0 Å². The van der Waals surface area contributed by atoms with Gasteiger partial charge in [0.1, 0.15) is 0 Å². The molecule has 0 spiro atoms. The molecule has 1 aliphatic rings. The third-order valence-corrected chi connectivity index (χ3v) is 5.87. The maximum absolute atomic E-state index is 2.42. The van der Waals surface area contributed by atoms with Crippen molar-refractivity contribution < 1.29 is 0 Å². The first-order valence-electron chi connectivity index (χ1n) is 10.3. The van der Waals surface area contributed by atoms with Crippen molar-refractivity contribution in [3.8, 4) is 22.3 Å². The van der Waals surface area contributed by atoms with Gasteiger partial charge in [-0.25, -0.2) is 0 Å². The van der Waals surface area contributed by atoms with Crippen molar-refractivity contribution in [1.29, 1.82) is 0 Å². The van der Waals surface area contributed by atoms with Gasteiger partial charge >= 0.3 is 0 Å². The van der Waals surface area contributed by atoms with Crippen LogP contribution in [0.15, 0.2) is 97.1 Å². The number of hydrogen-bond donors (Lipinski definition) is 0. The largest absolute Gasteiger partial charge is 0.298 e. The maximum atomic E-state index is 2.42. The van der Waals surface area contributed by atoms with E-state index in [9.17, 15) is 0 Å². The molecule has 0 atom stereocenters. The second-order valence-corrected chi connectivity index (χ2v) is 8.02. The molecule has 0 amide bonds. The second kappa shape index (κ2) is 7.69. The summed E-state index contributed by atoms with van der Waals surface area (Å²) in [6, 6.07) is 35.1. The minimum Gasteiger partial charge on any atom is -0.298 e. The Hall–Kier alpha value is -3.16. The highest BCUT2D eigenvalue weighted by molar-refractivity contribution is 5.77. The van der Waals surface area contributed by atoms with Crippen molar-refractivity contribution >= 4 is 0 Å². The maximum Gasteiger partial charge on any atom is 0.0237 e.